The summed E-state index contributed by atoms with van der Waals surface area (Å²) in [6.07, 6.45) is 16.5. The van der Waals surface area contributed by atoms with E-state index in [9.17, 15) is 14.0 Å². The van der Waals surface area contributed by atoms with Crippen molar-refractivity contribution < 1.29 is 28.2 Å². The van der Waals surface area contributed by atoms with Crippen LogP contribution in [0.5, 0.6) is 0 Å². The summed E-state index contributed by atoms with van der Waals surface area (Å²) in [5, 5.41) is 12.1. The third-order valence-corrected chi connectivity index (χ3v) is 10.4. The van der Waals surface area contributed by atoms with Gasteiger partial charge in [-0.2, -0.15) is 0 Å². The predicted octanol–water partition coefficient (Wildman–Crippen LogP) is 6.07. The lowest BCUT2D eigenvalue weighted by Crippen LogP contribution is -2.30. The minimum atomic E-state index is -1.05. The van der Waals surface area contributed by atoms with E-state index in [4.69, 9.17) is 19.2 Å². The van der Waals surface area contributed by atoms with Crippen LogP contribution >= 0.6 is 0 Å². The molecule has 2 aliphatic carbocycles. The lowest BCUT2D eigenvalue weighted by Gasteiger charge is -2.21. The Labute approximate surface area is 234 Å². The van der Waals surface area contributed by atoms with Gasteiger partial charge >= 0.3 is 5.97 Å². The number of hydrogen-bond donors (Lipinski definition) is 2. The van der Waals surface area contributed by atoms with Crippen LogP contribution in [-0.4, -0.2) is 40.7 Å². The van der Waals surface area contributed by atoms with E-state index in [1.165, 1.54) is 63.0 Å². The first-order chi connectivity index (χ1) is 19.3. The van der Waals surface area contributed by atoms with E-state index in [1.54, 1.807) is 6.07 Å². The quantitative estimate of drug-likeness (QED) is 0.260. The van der Waals surface area contributed by atoms with Crippen LogP contribution in [0, 0.1) is 23.1 Å². The van der Waals surface area contributed by atoms with Gasteiger partial charge in [-0.15, -0.1) is 0 Å². The summed E-state index contributed by atoms with van der Waals surface area (Å²) in [6, 6.07) is 4.45. The van der Waals surface area contributed by atoms with Crippen LogP contribution in [0.4, 0.5) is 4.39 Å². The fraction of sp³-hybridized carbons (Fsp3) is 0.594. The molecule has 7 nitrogen and oxygen atoms in total. The summed E-state index contributed by atoms with van der Waals surface area (Å²) in [6.45, 7) is 2.81. The van der Waals surface area contributed by atoms with Crippen molar-refractivity contribution in [3.8, 4) is 0 Å². The highest BCUT2D eigenvalue weighted by molar-refractivity contribution is 5.92. The molecule has 1 amide bonds. The summed E-state index contributed by atoms with van der Waals surface area (Å²) in [7, 11) is 0. The fourth-order valence-corrected chi connectivity index (χ4v) is 8.32. The predicted molar refractivity (Wildman–Crippen MR) is 147 cm³/mol. The molecular formula is C32H39FN2O5. The number of carboxylic acids is 1. The van der Waals surface area contributed by atoms with Crippen LogP contribution in [0.15, 0.2) is 35.0 Å². The summed E-state index contributed by atoms with van der Waals surface area (Å²) in [5.74, 6) is -0.196. The van der Waals surface area contributed by atoms with Crippen molar-refractivity contribution in [1.82, 2.24) is 10.3 Å². The fourth-order valence-electron chi connectivity index (χ4n) is 8.32. The molecule has 6 rings (SSSR count). The van der Waals surface area contributed by atoms with Crippen molar-refractivity contribution >= 4 is 18.0 Å². The Kier molecular flexibility index (Phi) is 7.32. The Bertz CT molecular complexity index is 1300. The minimum absolute atomic E-state index is 0.0439. The van der Waals surface area contributed by atoms with E-state index in [-0.39, 0.29) is 41.0 Å². The van der Waals surface area contributed by atoms with Crippen molar-refractivity contribution in [2.24, 2.45) is 17.3 Å². The molecule has 1 aromatic heterocycles. The second-order valence-electron chi connectivity index (χ2n) is 12.4. The highest BCUT2D eigenvalue weighted by Gasteiger charge is 2.88. The maximum absolute atomic E-state index is 14.3. The van der Waals surface area contributed by atoms with E-state index in [0.29, 0.717) is 24.4 Å². The van der Waals surface area contributed by atoms with Gasteiger partial charge in [-0.3, -0.25) is 4.79 Å². The number of benzene rings is 1. The van der Waals surface area contributed by atoms with E-state index in [0.717, 1.165) is 43.2 Å². The third kappa shape index (κ3) is 4.58. The average Bonchev–Trinajstić information content (AvgIpc) is 3.45. The number of rotatable bonds is 11. The monoisotopic (exact) mass is 550 g/mol. The highest BCUT2D eigenvalue weighted by Crippen LogP contribution is 2.81. The molecule has 5 atom stereocenters. The lowest BCUT2D eigenvalue weighted by molar-refractivity contribution is -0.131. The van der Waals surface area contributed by atoms with Gasteiger partial charge < -0.3 is 19.6 Å². The molecular weight excluding hydrogens is 511 g/mol. The molecule has 2 saturated heterocycles. The number of halogens is 1. The van der Waals surface area contributed by atoms with Crippen LogP contribution in [0.3, 0.4) is 0 Å². The number of ether oxygens (including phenoxy) is 1. The minimum Gasteiger partial charge on any atom is -0.478 e. The summed E-state index contributed by atoms with van der Waals surface area (Å²) >= 11 is 0. The zero-order chi connectivity index (χ0) is 27.9. The smallest absolute Gasteiger partial charge is 0.328 e. The molecule has 214 valence electrons. The van der Waals surface area contributed by atoms with Crippen molar-refractivity contribution in [3.05, 3.63) is 59.1 Å². The molecule has 8 heteroatoms. The molecule has 2 N–H and O–H groups in total. The molecule has 0 radical (unpaired) electrons. The summed E-state index contributed by atoms with van der Waals surface area (Å²) in [4.78, 5) is 28.7. The molecule has 2 saturated carbocycles. The van der Waals surface area contributed by atoms with Crippen LogP contribution < -0.4 is 5.32 Å². The van der Waals surface area contributed by atoms with Crippen molar-refractivity contribution in [1.29, 1.82) is 0 Å². The van der Waals surface area contributed by atoms with Gasteiger partial charge in [0, 0.05) is 18.0 Å². The Morgan fingerprint density at radius 1 is 1.15 bits per heavy atom. The summed E-state index contributed by atoms with van der Waals surface area (Å²) < 4.78 is 26.6. The molecule has 2 aromatic rings. The number of hydrogen-bond acceptors (Lipinski definition) is 5. The topological polar surface area (TPSA) is 102 Å². The molecule has 4 aliphatic rings. The summed E-state index contributed by atoms with van der Waals surface area (Å²) in [5.41, 5.74) is 0.956. The Hall–Kier alpha value is -3.00. The number of carboxylic acid groups (broad SMARTS) is 1. The number of oxazole rings is 1. The van der Waals surface area contributed by atoms with Gasteiger partial charge in [0.25, 0.3) is 5.91 Å². The molecule has 2 bridgehead atoms. The number of carbonyl (C=O) groups excluding carboxylic acids is 1. The van der Waals surface area contributed by atoms with E-state index in [1.807, 2.05) is 0 Å². The second kappa shape index (κ2) is 10.8. The van der Waals surface area contributed by atoms with Gasteiger partial charge in [0.15, 0.2) is 5.69 Å². The first-order valence-electron chi connectivity index (χ1n) is 14.9. The average molecular weight is 551 g/mol. The van der Waals surface area contributed by atoms with Crippen LogP contribution in [0.2, 0.25) is 0 Å². The molecule has 0 spiro atoms. The zero-order valence-corrected chi connectivity index (χ0v) is 23.2. The SMILES string of the molecule is CC12C3CCC(O3)C1(c1nc(C(=O)NCCCCC3CCCCC3)co1)C2Cc1cc(F)ccc1C=CC(=O)O. The first-order valence-corrected chi connectivity index (χ1v) is 14.9. The molecule has 40 heavy (non-hydrogen) atoms. The van der Waals surface area contributed by atoms with E-state index < -0.39 is 11.4 Å². The Morgan fingerprint density at radius 2 is 1.95 bits per heavy atom. The van der Waals surface area contributed by atoms with Gasteiger partial charge in [-0.25, -0.2) is 14.2 Å². The largest absolute Gasteiger partial charge is 0.478 e. The Balaban J connectivity index is 1.15. The number of nitrogens with zero attached hydrogens (tertiary/aromatic N) is 1. The van der Waals surface area contributed by atoms with Crippen LogP contribution in [0.25, 0.3) is 6.08 Å². The third-order valence-electron chi connectivity index (χ3n) is 10.4. The number of unbranched alkanes of at least 4 members (excludes halogenated alkanes) is 1. The lowest BCUT2D eigenvalue weighted by atomic mass is 9.80. The Morgan fingerprint density at radius 3 is 2.75 bits per heavy atom. The molecule has 5 unspecified atom stereocenters. The van der Waals surface area contributed by atoms with Gasteiger partial charge in [0.05, 0.1) is 17.6 Å². The number of aromatic nitrogens is 1. The number of fused-ring (bicyclic) bond motifs is 5. The number of nitrogens with one attached hydrogen (secondary N) is 1. The van der Waals surface area contributed by atoms with Gasteiger partial charge in [-0.1, -0.05) is 57.9 Å². The molecule has 2 aliphatic heterocycles. The van der Waals surface area contributed by atoms with Crippen LogP contribution in [-0.2, 0) is 21.4 Å². The number of carbonyl (C=O) groups is 2. The number of amides is 1. The normalized spacial score (nSPS) is 31.0. The van der Waals surface area contributed by atoms with E-state index >= 15 is 0 Å². The van der Waals surface area contributed by atoms with Crippen molar-refractivity contribution in [2.75, 3.05) is 6.54 Å². The molecule has 1 aromatic carbocycles. The van der Waals surface area contributed by atoms with E-state index in [2.05, 4.69) is 12.2 Å². The number of aliphatic carboxylic acids is 1. The molecule has 4 fully saturated rings. The van der Waals surface area contributed by atoms with Gasteiger partial charge in [0.1, 0.15) is 12.1 Å². The molecule has 3 heterocycles. The second-order valence-corrected chi connectivity index (χ2v) is 12.4. The highest BCUT2D eigenvalue weighted by atomic mass is 19.1. The van der Waals surface area contributed by atoms with Crippen molar-refractivity contribution in [2.45, 2.75) is 95.2 Å². The maximum atomic E-state index is 14.3. The van der Waals surface area contributed by atoms with Crippen LogP contribution in [0.1, 0.15) is 98.6 Å². The standard InChI is InChI=1S/C32H39FN2O5/c1-31-25(18-22-17-23(33)12-10-21(22)11-15-28(36)37)32(31,27-14-13-26(31)40-27)30-35-24(19-39-30)29(38)34-16-6-5-9-20-7-3-2-4-8-20/h10-12,15,17,19-20,25-27H,2-9,13-14,16,18H2,1H3,(H,34,38)(H,36,37). The van der Waals surface area contributed by atoms with Crippen molar-refractivity contribution in [3.63, 3.8) is 0 Å². The van der Waals surface area contributed by atoms with Gasteiger partial charge in [0.2, 0.25) is 5.89 Å². The first kappa shape index (κ1) is 27.2. The zero-order valence-electron chi connectivity index (χ0n) is 23.2. The maximum Gasteiger partial charge on any atom is 0.328 e. The van der Waals surface area contributed by atoms with Gasteiger partial charge in [-0.05, 0) is 66.9 Å².